The molecule has 17 heavy (non-hydrogen) atoms. The molecule has 0 aliphatic rings. The van der Waals surface area contributed by atoms with E-state index in [1.54, 1.807) is 6.21 Å². The fraction of sp³-hybridized carbons (Fsp3) is 0.818. The van der Waals surface area contributed by atoms with Crippen LogP contribution in [0.1, 0.15) is 27.2 Å². The van der Waals surface area contributed by atoms with Gasteiger partial charge in [0.25, 0.3) is 0 Å². The van der Waals surface area contributed by atoms with Crippen molar-refractivity contribution in [1.82, 2.24) is 0 Å². The molecule has 0 saturated heterocycles. The molecule has 0 atom stereocenters. The van der Waals surface area contributed by atoms with Crippen LogP contribution in [0.3, 0.4) is 0 Å². The topological polar surface area (TPSA) is 57.1 Å². The SMILES string of the molecule is CCO[Si](CCC=NCC=O)(OCC)OCC. The summed E-state index contributed by atoms with van der Waals surface area (Å²) < 4.78 is 17.0. The van der Waals surface area contributed by atoms with Gasteiger partial charge in [-0.25, -0.2) is 0 Å². The lowest BCUT2D eigenvalue weighted by atomic mass is 10.5. The second-order valence-electron chi connectivity index (χ2n) is 3.24. The van der Waals surface area contributed by atoms with Gasteiger partial charge in [-0.2, -0.15) is 0 Å². The van der Waals surface area contributed by atoms with E-state index >= 15 is 0 Å². The van der Waals surface area contributed by atoms with Crippen molar-refractivity contribution in [2.45, 2.75) is 33.2 Å². The zero-order chi connectivity index (χ0) is 13.0. The maximum atomic E-state index is 10.1. The van der Waals surface area contributed by atoms with E-state index in [4.69, 9.17) is 13.3 Å². The van der Waals surface area contributed by atoms with Crippen molar-refractivity contribution >= 4 is 21.3 Å². The summed E-state index contributed by atoms with van der Waals surface area (Å²) in [6.45, 7) is 7.75. The smallest absolute Gasteiger partial charge is 0.374 e. The second-order valence-corrected chi connectivity index (χ2v) is 5.97. The number of hydrogen-bond donors (Lipinski definition) is 0. The first-order chi connectivity index (χ1) is 8.24. The Morgan fingerprint density at radius 3 is 2.00 bits per heavy atom. The van der Waals surface area contributed by atoms with E-state index in [0.717, 1.165) is 6.29 Å². The summed E-state index contributed by atoms with van der Waals surface area (Å²) in [6, 6.07) is 0.699. The molecular formula is C11H23NO4Si. The number of aliphatic imine (C=N–C) groups is 1. The molecule has 0 unspecified atom stereocenters. The van der Waals surface area contributed by atoms with Gasteiger partial charge in [0.05, 0.1) is 6.54 Å². The van der Waals surface area contributed by atoms with Crippen LogP contribution in [0.5, 0.6) is 0 Å². The monoisotopic (exact) mass is 261 g/mol. The van der Waals surface area contributed by atoms with Crippen LogP contribution >= 0.6 is 0 Å². The van der Waals surface area contributed by atoms with E-state index in [1.165, 1.54) is 0 Å². The van der Waals surface area contributed by atoms with E-state index in [9.17, 15) is 4.79 Å². The minimum Gasteiger partial charge on any atom is -0.374 e. The highest BCUT2D eigenvalue weighted by atomic mass is 28.4. The lowest BCUT2D eigenvalue weighted by Gasteiger charge is -2.27. The standard InChI is InChI=1S/C11H23NO4Si/c1-4-14-17(15-5-2,16-6-3)11-7-8-12-9-10-13/h8,10H,4-7,9,11H2,1-3H3. The van der Waals surface area contributed by atoms with Gasteiger partial charge < -0.3 is 18.1 Å². The Labute approximate surface area is 105 Å². The summed E-state index contributed by atoms with van der Waals surface area (Å²) >= 11 is 0. The van der Waals surface area contributed by atoms with Crippen LogP contribution < -0.4 is 0 Å². The molecule has 0 aliphatic carbocycles. The van der Waals surface area contributed by atoms with Gasteiger partial charge in [0.2, 0.25) is 0 Å². The molecule has 0 amide bonds. The highest BCUT2D eigenvalue weighted by Crippen LogP contribution is 2.17. The minimum atomic E-state index is -2.54. The highest BCUT2D eigenvalue weighted by Gasteiger charge is 2.39. The third-order valence-corrected chi connectivity index (χ3v) is 5.07. The Hall–Kier alpha value is -0.563. The summed E-state index contributed by atoms with van der Waals surface area (Å²) in [5.74, 6) is 0. The third-order valence-electron chi connectivity index (χ3n) is 1.98. The first-order valence-corrected chi connectivity index (χ1v) is 8.01. The molecule has 6 heteroatoms. The molecule has 0 bridgehead atoms. The first kappa shape index (κ1) is 16.4. The average Bonchev–Trinajstić information content (AvgIpc) is 2.30. The fourth-order valence-corrected chi connectivity index (χ4v) is 3.94. The normalized spacial score (nSPS) is 12.2. The number of carbonyl (C=O) groups excluding carboxylic acids is 1. The molecule has 100 valence electrons. The van der Waals surface area contributed by atoms with Crippen LogP contribution in [0.2, 0.25) is 6.04 Å². The molecule has 0 aromatic rings. The predicted octanol–water partition coefficient (Wildman–Crippen LogP) is 1.69. The molecule has 0 N–H and O–H groups in total. The molecule has 0 aromatic carbocycles. The first-order valence-electron chi connectivity index (χ1n) is 6.08. The van der Waals surface area contributed by atoms with Crippen molar-refractivity contribution in [2.24, 2.45) is 4.99 Å². The van der Waals surface area contributed by atoms with Gasteiger partial charge in [0, 0.05) is 25.9 Å². The molecular weight excluding hydrogens is 238 g/mol. The van der Waals surface area contributed by atoms with Crippen LogP contribution in [0.4, 0.5) is 0 Å². The summed E-state index contributed by atoms with van der Waals surface area (Å²) in [5, 5.41) is 0. The number of rotatable bonds is 11. The maximum Gasteiger partial charge on any atom is 0.501 e. The maximum absolute atomic E-state index is 10.1. The Morgan fingerprint density at radius 2 is 1.59 bits per heavy atom. The lowest BCUT2D eigenvalue weighted by Crippen LogP contribution is -2.46. The van der Waals surface area contributed by atoms with Gasteiger partial charge >= 0.3 is 8.80 Å². The van der Waals surface area contributed by atoms with Crippen LogP contribution in [0, 0.1) is 0 Å². The van der Waals surface area contributed by atoms with Crippen molar-refractivity contribution in [3.8, 4) is 0 Å². The fourth-order valence-electron chi connectivity index (χ4n) is 1.45. The van der Waals surface area contributed by atoms with Gasteiger partial charge in [0.1, 0.15) is 6.29 Å². The second kappa shape index (κ2) is 10.6. The minimum absolute atomic E-state index is 0.215. The molecule has 0 saturated carbocycles. The predicted molar refractivity (Wildman–Crippen MR) is 69.5 cm³/mol. The quantitative estimate of drug-likeness (QED) is 0.323. The van der Waals surface area contributed by atoms with Crippen molar-refractivity contribution in [1.29, 1.82) is 0 Å². The number of aldehydes is 1. The molecule has 0 rings (SSSR count). The number of hydrogen-bond acceptors (Lipinski definition) is 5. The van der Waals surface area contributed by atoms with Gasteiger partial charge in [-0.3, -0.25) is 4.99 Å². The Bertz CT molecular complexity index is 206. The van der Waals surface area contributed by atoms with Gasteiger partial charge in [-0.15, -0.1) is 0 Å². The molecule has 0 aromatic heterocycles. The lowest BCUT2D eigenvalue weighted by molar-refractivity contribution is -0.106. The Kier molecular flexibility index (Phi) is 10.2. The summed E-state index contributed by atoms with van der Waals surface area (Å²) in [6.07, 6.45) is 3.21. The van der Waals surface area contributed by atoms with Crippen LogP contribution in [-0.2, 0) is 18.1 Å². The largest absolute Gasteiger partial charge is 0.501 e. The zero-order valence-electron chi connectivity index (χ0n) is 11.0. The zero-order valence-corrected chi connectivity index (χ0v) is 12.0. The van der Waals surface area contributed by atoms with Gasteiger partial charge in [-0.1, -0.05) is 0 Å². The van der Waals surface area contributed by atoms with Crippen LogP contribution in [0.25, 0.3) is 0 Å². The summed E-state index contributed by atoms with van der Waals surface area (Å²) in [4.78, 5) is 14.0. The number of carbonyl (C=O) groups is 1. The van der Waals surface area contributed by atoms with E-state index in [1.807, 2.05) is 20.8 Å². The van der Waals surface area contributed by atoms with Gasteiger partial charge in [-0.05, 0) is 33.4 Å². The molecule has 0 fully saturated rings. The molecule has 0 spiro atoms. The Balaban J connectivity index is 4.27. The van der Waals surface area contributed by atoms with Crippen LogP contribution in [0.15, 0.2) is 4.99 Å². The van der Waals surface area contributed by atoms with Crippen molar-refractivity contribution in [2.75, 3.05) is 26.4 Å². The van der Waals surface area contributed by atoms with E-state index in [-0.39, 0.29) is 6.54 Å². The molecule has 0 radical (unpaired) electrons. The number of nitrogens with zero attached hydrogens (tertiary/aromatic N) is 1. The van der Waals surface area contributed by atoms with Crippen molar-refractivity contribution in [3.05, 3.63) is 0 Å². The third kappa shape index (κ3) is 7.38. The Morgan fingerprint density at radius 1 is 1.06 bits per heavy atom. The molecule has 0 heterocycles. The summed E-state index contributed by atoms with van der Waals surface area (Å²) in [7, 11) is -2.54. The molecule has 5 nitrogen and oxygen atoms in total. The summed E-state index contributed by atoms with van der Waals surface area (Å²) in [5.41, 5.74) is 0. The van der Waals surface area contributed by atoms with Gasteiger partial charge in [0.15, 0.2) is 0 Å². The van der Waals surface area contributed by atoms with Crippen molar-refractivity contribution < 1.29 is 18.1 Å². The van der Waals surface area contributed by atoms with E-state index in [2.05, 4.69) is 4.99 Å². The van der Waals surface area contributed by atoms with E-state index < -0.39 is 8.80 Å². The van der Waals surface area contributed by atoms with Crippen LogP contribution in [-0.4, -0.2) is 47.7 Å². The average molecular weight is 261 g/mol. The highest BCUT2D eigenvalue weighted by molar-refractivity contribution is 6.60. The van der Waals surface area contributed by atoms with E-state index in [0.29, 0.717) is 32.3 Å². The van der Waals surface area contributed by atoms with Crippen molar-refractivity contribution in [3.63, 3.8) is 0 Å². The molecule has 0 aliphatic heterocycles.